The van der Waals surface area contributed by atoms with Gasteiger partial charge in [-0.25, -0.2) is 0 Å². The maximum atomic E-state index is 12.8. The molecule has 3 nitrogen and oxygen atoms in total. The van der Waals surface area contributed by atoms with Crippen molar-refractivity contribution < 1.29 is 17.9 Å². The van der Waals surface area contributed by atoms with E-state index in [-0.39, 0.29) is 5.75 Å². The van der Waals surface area contributed by atoms with Gasteiger partial charge in [-0.3, -0.25) is 0 Å². The van der Waals surface area contributed by atoms with Crippen LogP contribution in [0.3, 0.4) is 0 Å². The molecule has 1 aromatic carbocycles. The summed E-state index contributed by atoms with van der Waals surface area (Å²) in [7, 11) is 1.23. The van der Waals surface area contributed by atoms with Crippen molar-refractivity contribution >= 4 is 10.9 Å². The highest BCUT2D eigenvalue weighted by atomic mass is 19.4. The summed E-state index contributed by atoms with van der Waals surface area (Å²) in [4.78, 5) is 2.83. The molecule has 0 aliphatic rings. The molecule has 18 heavy (non-hydrogen) atoms. The fraction of sp³-hybridized carbons (Fsp3) is 0.333. The molecular weight excluding hydrogens is 245 g/mol. The molecule has 3 N–H and O–H groups in total. The van der Waals surface area contributed by atoms with Gasteiger partial charge >= 0.3 is 6.18 Å². The Balaban J connectivity index is 2.63. The van der Waals surface area contributed by atoms with Gasteiger partial charge in [0, 0.05) is 17.1 Å². The number of hydrogen-bond donors (Lipinski definition) is 2. The number of hydrogen-bond acceptors (Lipinski definition) is 2. The van der Waals surface area contributed by atoms with Crippen LogP contribution in [0.25, 0.3) is 10.9 Å². The van der Waals surface area contributed by atoms with Gasteiger partial charge in [-0.2, -0.15) is 13.2 Å². The second-order valence-corrected chi connectivity index (χ2v) is 3.95. The number of H-pyrrole nitrogens is 1. The number of aromatic nitrogens is 1. The summed E-state index contributed by atoms with van der Waals surface area (Å²) in [6.45, 7) is 0.441. The first-order valence-corrected chi connectivity index (χ1v) is 5.42. The van der Waals surface area contributed by atoms with Crippen molar-refractivity contribution in [3.05, 3.63) is 29.5 Å². The van der Waals surface area contributed by atoms with Crippen LogP contribution in [0.4, 0.5) is 13.2 Å². The van der Waals surface area contributed by atoms with Crippen molar-refractivity contribution in [1.82, 2.24) is 4.98 Å². The largest absolute Gasteiger partial charge is 0.496 e. The summed E-state index contributed by atoms with van der Waals surface area (Å²) in [5.74, 6) is -0.173. The number of nitrogens with two attached hydrogens (primary N) is 1. The van der Waals surface area contributed by atoms with E-state index in [2.05, 4.69) is 4.98 Å². The van der Waals surface area contributed by atoms with Gasteiger partial charge in [0.1, 0.15) is 5.75 Å². The van der Waals surface area contributed by atoms with E-state index in [1.54, 1.807) is 6.20 Å². The topological polar surface area (TPSA) is 51.0 Å². The van der Waals surface area contributed by atoms with Gasteiger partial charge in [0.2, 0.25) is 0 Å². The minimum Gasteiger partial charge on any atom is -0.496 e. The zero-order chi connectivity index (χ0) is 13.3. The Kier molecular flexibility index (Phi) is 3.21. The summed E-state index contributed by atoms with van der Waals surface area (Å²) < 4.78 is 43.2. The number of aromatic amines is 1. The van der Waals surface area contributed by atoms with Crippen molar-refractivity contribution in [1.29, 1.82) is 0 Å². The van der Waals surface area contributed by atoms with Gasteiger partial charge in [-0.15, -0.1) is 0 Å². The van der Waals surface area contributed by atoms with E-state index in [4.69, 9.17) is 10.5 Å². The van der Waals surface area contributed by atoms with Crippen LogP contribution < -0.4 is 10.5 Å². The average molecular weight is 258 g/mol. The summed E-state index contributed by atoms with van der Waals surface area (Å²) in [5, 5.41) is 0.713. The summed E-state index contributed by atoms with van der Waals surface area (Å²) in [6.07, 6.45) is -2.15. The van der Waals surface area contributed by atoms with E-state index in [1.165, 1.54) is 13.2 Å². The number of benzene rings is 1. The van der Waals surface area contributed by atoms with E-state index in [1.807, 2.05) is 0 Å². The molecule has 0 fully saturated rings. The van der Waals surface area contributed by atoms with Crippen molar-refractivity contribution in [2.45, 2.75) is 12.6 Å². The van der Waals surface area contributed by atoms with E-state index < -0.39 is 11.7 Å². The maximum absolute atomic E-state index is 12.8. The van der Waals surface area contributed by atoms with Crippen molar-refractivity contribution in [2.24, 2.45) is 5.73 Å². The first-order valence-electron chi connectivity index (χ1n) is 5.42. The SMILES string of the molecule is COc1cc2c(CCN)c[nH]c2cc1C(F)(F)F. The van der Waals surface area contributed by atoms with Crippen molar-refractivity contribution in [3.8, 4) is 5.75 Å². The van der Waals surface area contributed by atoms with E-state index in [0.29, 0.717) is 23.9 Å². The number of fused-ring (bicyclic) bond motifs is 1. The van der Waals surface area contributed by atoms with Gasteiger partial charge < -0.3 is 15.5 Å². The highest BCUT2D eigenvalue weighted by Crippen LogP contribution is 2.39. The Bertz CT molecular complexity index is 560. The van der Waals surface area contributed by atoms with Crippen LogP contribution in [0, 0.1) is 0 Å². The third-order valence-corrected chi connectivity index (χ3v) is 2.81. The van der Waals surface area contributed by atoms with Crippen molar-refractivity contribution in [3.63, 3.8) is 0 Å². The van der Waals surface area contributed by atoms with Crippen LogP contribution in [0.2, 0.25) is 0 Å². The van der Waals surface area contributed by atoms with Gasteiger partial charge in [0.25, 0.3) is 0 Å². The molecule has 0 bridgehead atoms. The lowest BCUT2D eigenvalue weighted by Gasteiger charge is -2.12. The van der Waals surface area contributed by atoms with E-state index in [0.717, 1.165) is 11.6 Å². The van der Waals surface area contributed by atoms with Gasteiger partial charge in [0.05, 0.1) is 12.7 Å². The van der Waals surface area contributed by atoms with Gasteiger partial charge in [0.15, 0.2) is 0 Å². The molecule has 0 saturated heterocycles. The predicted octanol–water partition coefficient (Wildman–Crippen LogP) is 2.70. The van der Waals surface area contributed by atoms with Crippen LogP contribution >= 0.6 is 0 Å². The average Bonchev–Trinajstić information content (AvgIpc) is 2.70. The maximum Gasteiger partial charge on any atom is 0.420 e. The Morgan fingerprint density at radius 2 is 2.06 bits per heavy atom. The first kappa shape index (κ1) is 12.8. The van der Waals surface area contributed by atoms with Crippen LogP contribution in [0.15, 0.2) is 18.3 Å². The molecule has 0 radical (unpaired) electrons. The second-order valence-electron chi connectivity index (χ2n) is 3.95. The molecule has 98 valence electrons. The van der Waals surface area contributed by atoms with Crippen molar-refractivity contribution in [2.75, 3.05) is 13.7 Å². The van der Waals surface area contributed by atoms with E-state index >= 15 is 0 Å². The highest BCUT2D eigenvalue weighted by molar-refractivity contribution is 5.86. The zero-order valence-corrected chi connectivity index (χ0v) is 9.77. The molecule has 0 unspecified atom stereocenters. The molecule has 2 rings (SSSR count). The highest BCUT2D eigenvalue weighted by Gasteiger charge is 2.34. The van der Waals surface area contributed by atoms with Crippen LogP contribution in [-0.4, -0.2) is 18.6 Å². The van der Waals surface area contributed by atoms with Crippen LogP contribution in [0.5, 0.6) is 5.75 Å². The minimum atomic E-state index is -4.43. The fourth-order valence-electron chi connectivity index (χ4n) is 1.96. The van der Waals surface area contributed by atoms with Gasteiger partial charge in [-0.1, -0.05) is 0 Å². The second kappa shape index (κ2) is 4.53. The molecule has 0 aliphatic heterocycles. The van der Waals surface area contributed by atoms with Gasteiger partial charge in [-0.05, 0) is 30.7 Å². The summed E-state index contributed by atoms with van der Waals surface area (Å²) in [6, 6.07) is 2.47. The predicted molar refractivity (Wildman–Crippen MR) is 62.6 cm³/mol. The van der Waals surface area contributed by atoms with E-state index in [9.17, 15) is 13.2 Å². The third kappa shape index (κ3) is 2.15. The molecule has 0 saturated carbocycles. The number of rotatable bonds is 3. The molecule has 0 aliphatic carbocycles. The number of halogens is 3. The minimum absolute atomic E-state index is 0.173. The molecule has 0 atom stereocenters. The summed E-state index contributed by atoms with van der Waals surface area (Å²) >= 11 is 0. The number of nitrogens with one attached hydrogen (secondary N) is 1. The molecule has 2 aromatic rings. The Labute approximate surface area is 102 Å². The molecular formula is C12H13F3N2O. The first-order chi connectivity index (χ1) is 8.47. The van der Waals surface area contributed by atoms with Crippen LogP contribution in [0.1, 0.15) is 11.1 Å². The Morgan fingerprint density at radius 3 is 2.61 bits per heavy atom. The lowest BCUT2D eigenvalue weighted by atomic mass is 10.1. The third-order valence-electron chi connectivity index (χ3n) is 2.81. The lowest BCUT2D eigenvalue weighted by Crippen LogP contribution is -2.07. The molecule has 0 amide bonds. The Morgan fingerprint density at radius 1 is 1.33 bits per heavy atom. The Hall–Kier alpha value is -1.69. The van der Waals surface area contributed by atoms with Crippen LogP contribution in [-0.2, 0) is 12.6 Å². The molecule has 0 spiro atoms. The number of alkyl halides is 3. The fourth-order valence-corrected chi connectivity index (χ4v) is 1.96. The standard InChI is InChI=1S/C12H13F3N2O/c1-18-11-4-8-7(2-3-16)6-17-10(8)5-9(11)12(13,14)15/h4-6,17H,2-3,16H2,1H3. The summed E-state index contributed by atoms with van der Waals surface area (Å²) in [5.41, 5.74) is 6.00. The zero-order valence-electron chi connectivity index (χ0n) is 9.77. The lowest BCUT2D eigenvalue weighted by molar-refractivity contribution is -0.138. The molecule has 1 heterocycles. The molecule has 1 aromatic heterocycles. The molecule has 6 heteroatoms. The number of methoxy groups -OCH3 is 1. The smallest absolute Gasteiger partial charge is 0.420 e. The normalized spacial score (nSPS) is 12.1. The monoisotopic (exact) mass is 258 g/mol. The number of ether oxygens (including phenoxy) is 1. The quantitative estimate of drug-likeness (QED) is 0.889.